The minimum Gasteiger partial charge on any atom is -0.465 e. The fraction of sp³-hybridized carbons (Fsp3) is 0.600. The highest BCUT2D eigenvalue weighted by molar-refractivity contribution is 5.88. The molecule has 0 spiro atoms. The van der Waals surface area contributed by atoms with Crippen LogP contribution >= 0.6 is 0 Å². The zero-order valence-corrected chi connectivity index (χ0v) is 20.5. The summed E-state index contributed by atoms with van der Waals surface area (Å²) in [6.07, 6.45) is 5.07. The molecule has 0 N–H and O–H groups in total. The predicted molar refractivity (Wildman–Crippen MR) is 124 cm³/mol. The van der Waals surface area contributed by atoms with Gasteiger partial charge in [-0.25, -0.2) is 14.4 Å². The molecule has 0 aromatic heterocycles. The molecule has 0 fully saturated rings. The third-order valence-corrected chi connectivity index (χ3v) is 4.60. The van der Waals surface area contributed by atoms with E-state index in [0.717, 1.165) is 25.7 Å². The smallest absolute Gasteiger partial charge is 0.333 e. The first-order valence-electron chi connectivity index (χ1n) is 11.1. The number of carbonyl (C=O) groups is 4. The first-order valence-corrected chi connectivity index (χ1v) is 11.1. The van der Waals surface area contributed by atoms with Crippen LogP contribution in [0, 0.1) is 5.41 Å². The van der Waals surface area contributed by atoms with Gasteiger partial charge in [0.05, 0.1) is 0 Å². The summed E-state index contributed by atoms with van der Waals surface area (Å²) in [6, 6.07) is 0. The number of rotatable bonds is 17. The summed E-state index contributed by atoms with van der Waals surface area (Å²) >= 11 is 0. The number of esters is 4. The van der Waals surface area contributed by atoms with Crippen LogP contribution in [0.4, 0.5) is 0 Å². The first kappa shape index (κ1) is 30.1. The lowest BCUT2D eigenvalue weighted by molar-refractivity contribution is -0.167. The van der Waals surface area contributed by atoms with Gasteiger partial charge in [-0.15, -0.1) is 0 Å². The van der Waals surface area contributed by atoms with Crippen molar-refractivity contribution < 1.29 is 38.1 Å². The maximum atomic E-state index is 12.3. The van der Waals surface area contributed by atoms with Gasteiger partial charge in [-0.3, -0.25) is 4.79 Å². The number of hydrogen-bond acceptors (Lipinski definition) is 8. The molecule has 0 aromatic rings. The van der Waals surface area contributed by atoms with Gasteiger partial charge in [0, 0.05) is 23.1 Å². The summed E-state index contributed by atoms with van der Waals surface area (Å²) in [7, 11) is 0. The van der Waals surface area contributed by atoms with Gasteiger partial charge in [-0.2, -0.15) is 0 Å². The van der Waals surface area contributed by atoms with Crippen molar-refractivity contribution in [3.05, 3.63) is 36.5 Å². The van der Waals surface area contributed by atoms with E-state index in [-0.39, 0.29) is 49.6 Å². The van der Waals surface area contributed by atoms with E-state index < -0.39 is 29.3 Å². The Labute approximate surface area is 197 Å². The fourth-order valence-corrected chi connectivity index (χ4v) is 2.45. The highest BCUT2D eigenvalue weighted by Gasteiger charge is 2.38. The van der Waals surface area contributed by atoms with Crippen molar-refractivity contribution in [1.82, 2.24) is 0 Å². The Balaban J connectivity index is 5.45. The Morgan fingerprint density at radius 2 is 0.970 bits per heavy atom. The molecular formula is C25H38O8. The molecule has 0 unspecified atom stereocenters. The van der Waals surface area contributed by atoms with Gasteiger partial charge >= 0.3 is 23.9 Å². The molecule has 0 radical (unpaired) electrons. The summed E-state index contributed by atoms with van der Waals surface area (Å²) in [6.45, 7) is 15.8. The second kappa shape index (κ2) is 15.8. The number of carbonyl (C=O) groups excluding carboxylic acids is 4. The van der Waals surface area contributed by atoms with Crippen molar-refractivity contribution in [2.24, 2.45) is 5.41 Å². The van der Waals surface area contributed by atoms with Crippen molar-refractivity contribution in [3.63, 3.8) is 0 Å². The van der Waals surface area contributed by atoms with Gasteiger partial charge in [-0.1, -0.05) is 52.3 Å². The molecule has 186 valence electrons. The number of unbranched alkanes of at least 4 members (excludes halogenated alkanes) is 4. The molecule has 8 heteroatoms. The van der Waals surface area contributed by atoms with Crippen LogP contribution in [0.2, 0.25) is 0 Å². The van der Waals surface area contributed by atoms with Crippen molar-refractivity contribution in [3.8, 4) is 0 Å². The summed E-state index contributed by atoms with van der Waals surface area (Å²) in [5, 5.41) is 0. The molecule has 0 aliphatic rings. The Hall–Kier alpha value is -2.90. The zero-order chi connectivity index (χ0) is 25.4. The van der Waals surface area contributed by atoms with Gasteiger partial charge in [0.25, 0.3) is 0 Å². The molecule has 0 aliphatic carbocycles. The third-order valence-electron chi connectivity index (χ3n) is 4.60. The van der Waals surface area contributed by atoms with Gasteiger partial charge in [0.15, 0.2) is 0 Å². The van der Waals surface area contributed by atoms with Crippen LogP contribution in [0.3, 0.4) is 0 Å². The minimum absolute atomic E-state index is 0.158. The van der Waals surface area contributed by atoms with Crippen LogP contribution in [-0.4, -0.2) is 50.3 Å². The van der Waals surface area contributed by atoms with Gasteiger partial charge < -0.3 is 18.9 Å². The highest BCUT2D eigenvalue weighted by atomic mass is 16.6. The highest BCUT2D eigenvalue weighted by Crippen LogP contribution is 2.23. The van der Waals surface area contributed by atoms with E-state index in [9.17, 15) is 19.2 Å². The lowest BCUT2D eigenvalue weighted by atomic mass is 9.92. The molecule has 0 heterocycles. The molecule has 0 saturated heterocycles. The monoisotopic (exact) mass is 466 g/mol. The van der Waals surface area contributed by atoms with Gasteiger partial charge in [0.2, 0.25) is 0 Å². The van der Waals surface area contributed by atoms with Gasteiger partial charge in [0.1, 0.15) is 31.8 Å². The molecule has 0 saturated carbocycles. The lowest BCUT2D eigenvalue weighted by Gasteiger charge is -2.31. The van der Waals surface area contributed by atoms with E-state index in [1.165, 1.54) is 20.8 Å². The summed E-state index contributed by atoms with van der Waals surface area (Å²) in [5.41, 5.74) is -0.846. The van der Waals surface area contributed by atoms with Crippen LogP contribution < -0.4 is 0 Å². The maximum absolute atomic E-state index is 12.3. The van der Waals surface area contributed by atoms with E-state index in [1.807, 2.05) is 0 Å². The van der Waals surface area contributed by atoms with E-state index in [2.05, 4.69) is 26.7 Å². The van der Waals surface area contributed by atoms with Crippen molar-refractivity contribution in [1.29, 1.82) is 0 Å². The van der Waals surface area contributed by atoms with Crippen LogP contribution in [0.1, 0.15) is 66.2 Å². The van der Waals surface area contributed by atoms with Crippen molar-refractivity contribution in [2.75, 3.05) is 26.4 Å². The van der Waals surface area contributed by atoms with E-state index in [1.54, 1.807) is 0 Å². The van der Waals surface area contributed by atoms with Crippen LogP contribution in [0.5, 0.6) is 0 Å². The SMILES string of the molecule is C=C(C)C(=O)OCC(COC(=O)CCCCCCC)(COC(=O)C(=C)C)COC(=O)C(=C)C. The largest absolute Gasteiger partial charge is 0.465 e. The predicted octanol–water partition coefficient (Wildman–Crippen LogP) is 4.23. The van der Waals surface area contributed by atoms with Crippen LogP contribution in [-0.2, 0) is 38.1 Å². The Morgan fingerprint density at radius 1 is 0.606 bits per heavy atom. The quantitative estimate of drug-likeness (QED) is 0.136. The van der Waals surface area contributed by atoms with Crippen LogP contribution in [0.25, 0.3) is 0 Å². The number of ether oxygens (including phenoxy) is 4. The Kier molecular flexibility index (Phi) is 14.4. The second-order valence-electron chi connectivity index (χ2n) is 8.39. The second-order valence-corrected chi connectivity index (χ2v) is 8.39. The first-order chi connectivity index (χ1) is 15.4. The van der Waals surface area contributed by atoms with Crippen molar-refractivity contribution in [2.45, 2.75) is 66.2 Å². The summed E-state index contributed by atoms with van der Waals surface area (Å²) in [4.78, 5) is 48.2. The molecule has 0 atom stereocenters. The summed E-state index contributed by atoms with van der Waals surface area (Å²) in [5.74, 6) is -2.49. The average Bonchev–Trinajstić information content (AvgIpc) is 2.76. The Bertz CT molecular complexity index is 661. The maximum Gasteiger partial charge on any atom is 0.333 e. The molecule has 0 bridgehead atoms. The molecule has 33 heavy (non-hydrogen) atoms. The molecule has 0 amide bonds. The molecule has 0 rings (SSSR count). The van der Waals surface area contributed by atoms with E-state index >= 15 is 0 Å². The minimum atomic E-state index is -1.32. The van der Waals surface area contributed by atoms with E-state index in [4.69, 9.17) is 18.9 Å². The van der Waals surface area contributed by atoms with E-state index in [0.29, 0.717) is 6.42 Å². The van der Waals surface area contributed by atoms with Crippen LogP contribution in [0.15, 0.2) is 36.5 Å². The number of hydrogen-bond donors (Lipinski definition) is 0. The average molecular weight is 467 g/mol. The molecule has 0 aliphatic heterocycles. The Morgan fingerprint density at radius 3 is 1.33 bits per heavy atom. The molecule has 0 aromatic carbocycles. The standard InChI is InChI=1S/C25H38O8/c1-8-9-10-11-12-13-21(26)30-14-25(15-31-22(27)18(2)3,16-32-23(28)19(4)5)17-33-24(29)20(6)7/h2,4,6,8-17H2,1,3,5,7H3. The molecular weight excluding hydrogens is 428 g/mol. The third kappa shape index (κ3) is 13.3. The summed E-state index contributed by atoms with van der Waals surface area (Å²) < 4.78 is 21.2. The van der Waals surface area contributed by atoms with Crippen molar-refractivity contribution >= 4 is 23.9 Å². The molecule has 8 nitrogen and oxygen atoms in total. The lowest BCUT2D eigenvalue weighted by Crippen LogP contribution is -2.44. The van der Waals surface area contributed by atoms with Gasteiger partial charge in [-0.05, 0) is 27.2 Å². The fourth-order valence-electron chi connectivity index (χ4n) is 2.45. The normalized spacial score (nSPS) is 10.7. The zero-order valence-electron chi connectivity index (χ0n) is 20.5. The topological polar surface area (TPSA) is 105 Å².